The van der Waals surface area contributed by atoms with Gasteiger partial charge in [-0.3, -0.25) is 4.79 Å². The predicted molar refractivity (Wildman–Crippen MR) is 52.5 cm³/mol. The minimum Gasteiger partial charge on any atom is -0.378 e. The fourth-order valence-corrected chi connectivity index (χ4v) is 4.54. The summed E-state index contributed by atoms with van der Waals surface area (Å²) in [5.41, 5.74) is -0.0818. The summed E-state index contributed by atoms with van der Waals surface area (Å²) in [4.78, 5) is 11.1. The van der Waals surface area contributed by atoms with Gasteiger partial charge in [0.2, 0.25) is 6.29 Å². The van der Waals surface area contributed by atoms with Crippen LogP contribution in [0.4, 0.5) is 0 Å². The summed E-state index contributed by atoms with van der Waals surface area (Å²) in [7, 11) is 1.81. The van der Waals surface area contributed by atoms with E-state index in [9.17, 15) is 4.79 Å². The molecule has 4 aliphatic rings. The molecule has 2 atom stereocenters. The van der Waals surface area contributed by atoms with Crippen LogP contribution in [0.15, 0.2) is 0 Å². The van der Waals surface area contributed by atoms with E-state index in [1.807, 2.05) is 7.11 Å². The van der Waals surface area contributed by atoms with Crippen molar-refractivity contribution >= 4 is 6.29 Å². The summed E-state index contributed by atoms with van der Waals surface area (Å²) >= 11 is 0. The maximum absolute atomic E-state index is 11.1. The number of carbonyl (C=O) groups excluding carboxylic acids is 1. The molecule has 4 bridgehead atoms. The fourth-order valence-electron chi connectivity index (χ4n) is 4.54. The lowest BCUT2D eigenvalue weighted by Crippen LogP contribution is -2.56. The molecule has 14 heavy (non-hydrogen) atoms. The molecule has 2 heteroatoms. The van der Waals surface area contributed by atoms with E-state index < -0.39 is 0 Å². The highest BCUT2D eigenvalue weighted by atomic mass is 16.5. The number of methoxy groups -OCH3 is 1. The van der Waals surface area contributed by atoms with Crippen LogP contribution in [0.25, 0.3) is 0 Å². The Balaban J connectivity index is 1.97. The normalized spacial score (nSPS) is 54.9. The molecule has 4 rings (SSSR count). The zero-order valence-electron chi connectivity index (χ0n) is 8.71. The van der Waals surface area contributed by atoms with Gasteiger partial charge in [0.1, 0.15) is 0 Å². The van der Waals surface area contributed by atoms with Crippen LogP contribution >= 0.6 is 0 Å². The molecule has 77 valence electrons. The smallest absolute Gasteiger partial charge is 0.205 e. The Morgan fingerprint density at radius 2 is 1.86 bits per heavy atom. The second kappa shape index (κ2) is 2.60. The van der Waals surface area contributed by atoms with Crippen molar-refractivity contribution in [3.05, 3.63) is 0 Å². The van der Waals surface area contributed by atoms with Crippen LogP contribution in [0.3, 0.4) is 0 Å². The van der Waals surface area contributed by atoms with E-state index in [-0.39, 0.29) is 11.0 Å². The standard InChI is InChI=1S/C12H17O2/c1-14-12-5-9-2-10(6-12)4-11(3-9,7-12)8-13/h9-10H,2-7H2,1H3. The van der Waals surface area contributed by atoms with Crippen LogP contribution in [0.2, 0.25) is 0 Å². The Hall–Kier alpha value is -0.370. The molecule has 0 amide bonds. The van der Waals surface area contributed by atoms with Crippen molar-refractivity contribution in [2.45, 2.75) is 44.1 Å². The van der Waals surface area contributed by atoms with Gasteiger partial charge in [-0.25, -0.2) is 0 Å². The average molecular weight is 193 g/mol. The topological polar surface area (TPSA) is 26.3 Å². The highest BCUT2D eigenvalue weighted by molar-refractivity contribution is 5.62. The largest absolute Gasteiger partial charge is 0.378 e. The lowest BCUT2D eigenvalue weighted by Gasteiger charge is -2.59. The molecule has 0 N–H and O–H groups in total. The van der Waals surface area contributed by atoms with Crippen LogP contribution < -0.4 is 0 Å². The summed E-state index contributed by atoms with van der Waals surface area (Å²) in [6.07, 6.45) is 9.13. The van der Waals surface area contributed by atoms with E-state index in [2.05, 4.69) is 6.29 Å². The summed E-state index contributed by atoms with van der Waals surface area (Å²) in [5, 5.41) is 0. The van der Waals surface area contributed by atoms with Crippen LogP contribution in [0.1, 0.15) is 38.5 Å². The molecule has 4 fully saturated rings. The molecular weight excluding hydrogens is 176 g/mol. The van der Waals surface area contributed by atoms with E-state index in [1.165, 1.54) is 19.3 Å². The average Bonchev–Trinajstić information content (AvgIpc) is 2.16. The highest BCUT2D eigenvalue weighted by Gasteiger charge is 2.58. The van der Waals surface area contributed by atoms with Crippen molar-refractivity contribution in [3.63, 3.8) is 0 Å². The third-order valence-electron chi connectivity index (χ3n) is 4.66. The van der Waals surface area contributed by atoms with Crippen molar-refractivity contribution in [2.24, 2.45) is 17.3 Å². The first kappa shape index (κ1) is 8.90. The maximum Gasteiger partial charge on any atom is 0.205 e. The summed E-state index contributed by atoms with van der Waals surface area (Å²) in [6, 6.07) is 0. The van der Waals surface area contributed by atoms with Crippen LogP contribution in [-0.2, 0) is 9.53 Å². The van der Waals surface area contributed by atoms with Crippen molar-refractivity contribution < 1.29 is 9.53 Å². The first-order valence-electron chi connectivity index (χ1n) is 5.64. The summed E-state index contributed by atoms with van der Waals surface area (Å²) in [5.74, 6) is 1.47. The Morgan fingerprint density at radius 3 is 2.36 bits per heavy atom. The highest BCUT2D eigenvalue weighted by Crippen LogP contribution is 2.61. The molecule has 4 saturated carbocycles. The van der Waals surface area contributed by atoms with Gasteiger partial charge in [0.25, 0.3) is 0 Å². The van der Waals surface area contributed by atoms with E-state index in [1.54, 1.807) is 0 Å². The maximum atomic E-state index is 11.1. The summed E-state index contributed by atoms with van der Waals surface area (Å²) in [6.45, 7) is 0. The molecule has 4 aliphatic carbocycles. The van der Waals surface area contributed by atoms with E-state index in [4.69, 9.17) is 4.74 Å². The molecule has 0 aromatic carbocycles. The first-order valence-corrected chi connectivity index (χ1v) is 5.64. The lowest BCUT2D eigenvalue weighted by molar-refractivity contribution is -0.160. The SMILES string of the molecule is COC12CC3CC(CC([C]=O)(C3)C1)C2. The van der Waals surface area contributed by atoms with Crippen molar-refractivity contribution in [1.82, 2.24) is 0 Å². The molecular formula is C12H17O2. The molecule has 0 aliphatic heterocycles. The molecule has 2 nitrogen and oxygen atoms in total. The third-order valence-corrected chi connectivity index (χ3v) is 4.66. The molecule has 2 unspecified atom stereocenters. The molecule has 0 aromatic heterocycles. The second-order valence-corrected chi connectivity index (χ2v) is 5.73. The van der Waals surface area contributed by atoms with Crippen molar-refractivity contribution in [2.75, 3.05) is 7.11 Å². The van der Waals surface area contributed by atoms with Gasteiger partial charge in [0, 0.05) is 12.5 Å². The van der Waals surface area contributed by atoms with Crippen LogP contribution in [-0.4, -0.2) is 19.0 Å². The number of rotatable bonds is 2. The van der Waals surface area contributed by atoms with Crippen LogP contribution in [0.5, 0.6) is 0 Å². The monoisotopic (exact) mass is 193 g/mol. The number of hydrogen-bond acceptors (Lipinski definition) is 2. The zero-order chi connectivity index (χ0) is 9.81. The van der Waals surface area contributed by atoms with Gasteiger partial charge in [-0.05, 0) is 50.4 Å². The predicted octanol–water partition coefficient (Wildman–Crippen LogP) is 2.08. The number of ether oxygens (including phenoxy) is 1. The van der Waals surface area contributed by atoms with Gasteiger partial charge >= 0.3 is 0 Å². The van der Waals surface area contributed by atoms with Gasteiger partial charge in [0.05, 0.1) is 5.60 Å². The van der Waals surface area contributed by atoms with E-state index in [0.29, 0.717) is 0 Å². The molecule has 0 heterocycles. The van der Waals surface area contributed by atoms with Gasteiger partial charge in [-0.15, -0.1) is 0 Å². The Morgan fingerprint density at radius 1 is 1.21 bits per heavy atom. The minimum atomic E-state index is -0.125. The molecule has 0 aromatic rings. The second-order valence-electron chi connectivity index (χ2n) is 5.73. The van der Waals surface area contributed by atoms with Crippen LogP contribution in [0, 0.1) is 17.3 Å². The minimum absolute atomic E-state index is 0.0431. The van der Waals surface area contributed by atoms with Gasteiger partial charge in [0.15, 0.2) is 0 Å². The quantitative estimate of drug-likeness (QED) is 0.671. The van der Waals surface area contributed by atoms with E-state index in [0.717, 1.165) is 31.1 Å². The van der Waals surface area contributed by atoms with E-state index >= 15 is 0 Å². The molecule has 0 saturated heterocycles. The van der Waals surface area contributed by atoms with Crippen molar-refractivity contribution in [1.29, 1.82) is 0 Å². The molecule has 1 radical (unpaired) electrons. The van der Waals surface area contributed by atoms with Gasteiger partial charge in [-0.2, -0.15) is 0 Å². The lowest BCUT2D eigenvalue weighted by atomic mass is 9.48. The Labute approximate surface area is 85.0 Å². The Kier molecular flexibility index (Phi) is 1.65. The van der Waals surface area contributed by atoms with Gasteiger partial charge < -0.3 is 4.74 Å². The fraction of sp³-hybridized carbons (Fsp3) is 0.917. The zero-order valence-corrected chi connectivity index (χ0v) is 8.71. The summed E-state index contributed by atoms with van der Waals surface area (Å²) < 4.78 is 5.70. The van der Waals surface area contributed by atoms with Crippen molar-refractivity contribution in [3.8, 4) is 0 Å². The Bertz CT molecular complexity index is 257. The third kappa shape index (κ3) is 1.04. The molecule has 0 spiro atoms. The van der Waals surface area contributed by atoms with Gasteiger partial charge in [-0.1, -0.05) is 0 Å². The first-order chi connectivity index (χ1) is 6.69. The number of hydrogen-bond donors (Lipinski definition) is 0.